The van der Waals surface area contributed by atoms with Gasteiger partial charge in [-0.25, -0.2) is 4.39 Å². The molecule has 1 amide bonds. The van der Waals surface area contributed by atoms with Crippen molar-refractivity contribution in [3.8, 4) is 17.0 Å². The number of aromatic amines is 1. The Labute approximate surface area is 188 Å². The molecule has 0 fully saturated rings. The zero-order valence-corrected chi connectivity index (χ0v) is 18.3. The summed E-state index contributed by atoms with van der Waals surface area (Å²) in [5, 5.41) is 4.49. The number of carbonyl (C=O) groups excluding carboxylic acids is 1. The Morgan fingerprint density at radius 2 is 1.90 bits per heavy atom. The van der Waals surface area contributed by atoms with Gasteiger partial charge in [-0.2, -0.15) is 0 Å². The number of para-hydroxylation sites is 1. The fraction of sp³-hybridized carbons (Fsp3) is 0.125. The third-order valence-corrected chi connectivity index (χ3v) is 6.19. The maximum atomic E-state index is 13.4. The predicted octanol–water partition coefficient (Wildman–Crippen LogP) is 6.16. The van der Waals surface area contributed by atoms with E-state index in [-0.39, 0.29) is 11.7 Å². The molecular formula is C24H20ClFN2O2S. The van der Waals surface area contributed by atoms with Crippen LogP contribution in [0.5, 0.6) is 5.75 Å². The maximum Gasteiger partial charge on any atom is 0.255 e. The molecule has 0 unspecified atom stereocenters. The number of aromatic nitrogens is 1. The molecule has 158 valence electrons. The number of carbonyl (C=O) groups is 1. The standard InChI is InChI=1S/C24H20ClFN2O2S/c1-30-21-11-8-16(25)14-19(21)24(29)27-12-13-31-23-18-4-2-3-5-20(18)28-22(23)15-6-9-17(26)10-7-15/h2-11,14,28H,12-13H2,1H3,(H,27,29). The molecule has 2 N–H and O–H groups in total. The van der Waals surface area contributed by atoms with Gasteiger partial charge in [-0.05, 0) is 54.1 Å². The Morgan fingerprint density at radius 3 is 2.68 bits per heavy atom. The third-order valence-electron chi connectivity index (χ3n) is 4.83. The van der Waals surface area contributed by atoms with Crippen molar-refractivity contribution in [2.24, 2.45) is 0 Å². The van der Waals surface area contributed by atoms with Crippen molar-refractivity contribution in [1.82, 2.24) is 10.3 Å². The molecule has 1 aromatic heterocycles. The van der Waals surface area contributed by atoms with Crippen LogP contribution in [0.25, 0.3) is 22.2 Å². The Bertz CT molecular complexity index is 1220. The van der Waals surface area contributed by atoms with Gasteiger partial charge in [0.2, 0.25) is 0 Å². The number of ether oxygens (including phenoxy) is 1. The summed E-state index contributed by atoms with van der Waals surface area (Å²) in [6.07, 6.45) is 0. The number of methoxy groups -OCH3 is 1. The van der Waals surface area contributed by atoms with Crippen molar-refractivity contribution in [3.05, 3.63) is 83.1 Å². The van der Waals surface area contributed by atoms with Gasteiger partial charge >= 0.3 is 0 Å². The van der Waals surface area contributed by atoms with Gasteiger partial charge in [0.05, 0.1) is 18.4 Å². The van der Waals surface area contributed by atoms with Crippen molar-refractivity contribution in [2.75, 3.05) is 19.4 Å². The summed E-state index contributed by atoms with van der Waals surface area (Å²) in [5.74, 6) is 0.626. The highest BCUT2D eigenvalue weighted by molar-refractivity contribution is 7.99. The first-order valence-electron chi connectivity index (χ1n) is 9.68. The summed E-state index contributed by atoms with van der Waals surface area (Å²) in [6, 6.07) is 19.4. The van der Waals surface area contributed by atoms with E-state index in [4.69, 9.17) is 16.3 Å². The number of nitrogens with one attached hydrogen (secondary N) is 2. The normalized spacial score (nSPS) is 10.9. The van der Waals surface area contributed by atoms with Crippen LogP contribution >= 0.6 is 23.4 Å². The van der Waals surface area contributed by atoms with Crippen molar-refractivity contribution >= 4 is 40.2 Å². The number of rotatable bonds is 7. The second kappa shape index (κ2) is 9.45. The van der Waals surface area contributed by atoms with Crippen molar-refractivity contribution < 1.29 is 13.9 Å². The third kappa shape index (κ3) is 4.70. The van der Waals surface area contributed by atoms with Gasteiger partial charge in [-0.3, -0.25) is 4.79 Å². The van der Waals surface area contributed by atoms with Crippen LogP contribution in [0.15, 0.2) is 71.6 Å². The number of thioether (sulfide) groups is 1. The second-order valence-corrected chi connectivity index (χ2v) is 8.37. The molecule has 1 heterocycles. The lowest BCUT2D eigenvalue weighted by Gasteiger charge is -2.10. The van der Waals surface area contributed by atoms with Crippen LogP contribution in [-0.2, 0) is 0 Å². The number of fused-ring (bicyclic) bond motifs is 1. The first-order chi connectivity index (χ1) is 15.1. The molecule has 0 bridgehead atoms. The molecule has 0 aliphatic heterocycles. The molecule has 4 aromatic rings. The Balaban J connectivity index is 1.49. The lowest BCUT2D eigenvalue weighted by molar-refractivity contribution is 0.0953. The molecule has 0 atom stereocenters. The van der Waals surface area contributed by atoms with Crippen LogP contribution in [0.2, 0.25) is 5.02 Å². The number of halogens is 2. The molecule has 0 spiro atoms. The minimum absolute atomic E-state index is 0.238. The summed E-state index contributed by atoms with van der Waals surface area (Å²) in [7, 11) is 1.52. The first-order valence-corrected chi connectivity index (χ1v) is 11.0. The zero-order chi connectivity index (χ0) is 21.8. The van der Waals surface area contributed by atoms with Crippen LogP contribution in [0, 0.1) is 5.82 Å². The van der Waals surface area contributed by atoms with E-state index in [2.05, 4.69) is 16.4 Å². The topological polar surface area (TPSA) is 54.1 Å². The van der Waals surface area contributed by atoms with E-state index in [1.165, 1.54) is 19.2 Å². The summed E-state index contributed by atoms with van der Waals surface area (Å²) in [4.78, 5) is 17.1. The van der Waals surface area contributed by atoms with Gasteiger partial charge in [0.25, 0.3) is 5.91 Å². The fourth-order valence-corrected chi connectivity index (χ4v) is 4.58. The summed E-state index contributed by atoms with van der Waals surface area (Å²) in [6.45, 7) is 0.460. The van der Waals surface area contributed by atoms with E-state index < -0.39 is 0 Å². The summed E-state index contributed by atoms with van der Waals surface area (Å²) in [5.41, 5.74) is 3.26. The quantitative estimate of drug-likeness (QED) is 0.260. The highest BCUT2D eigenvalue weighted by Gasteiger charge is 2.15. The average Bonchev–Trinajstić information content (AvgIpc) is 3.15. The molecule has 4 nitrogen and oxygen atoms in total. The Kier molecular flexibility index (Phi) is 6.49. The average molecular weight is 455 g/mol. The summed E-state index contributed by atoms with van der Waals surface area (Å²) < 4.78 is 18.6. The van der Waals surface area contributed by atoms with Crippen LogP contribution in [0.1, 0.15) is 10.4 Å². The first kappa shape index (κ1) is 21.3. The molecule has 3 aromatic carbocycles. The Hall–Kier alpha value is -2.96. The van der Waals surface area contributed by atoms with E-state index in [9.17, 15) is 9.18 Å². The largest absolute Gasteiger partial charge is 0.496 e. The van der Waals surface area contributed by atoms with Gasteiger partial charge in [-0.1, -0.05) is 29.8 Å². The fourth-order valence-electron chi connectivity index (χ4n) is 3.36. The molecule has 31 heavy (non-hydrogen) atoms. The van der Waals surface area contributed by atoms with Crippen LogP contribution in [-0.4, -0.2) is 30.3 Å². The number of benzene rings is 3. The lowest BCUT2D eigenvalue weighted by Crippen LogP contribution is -2.26. The monoisotopic (exact) mass is 454 g/mol. The van der Waals surface area contributed by atoms with Gasteiger partial charge < -0.3 is 15.0 Å². The molecule has 0 aliphatic carbocycles. The lowest BCUT2D eigenvalue weighted by atomic mass is 10.1. The van der Waals surface area contributed by atoms with Crippen molar-refractivity contribution in [2.45, 2.75) is 4.90 Å². The van der Waals surface area contributed by atoms with E-state index in [0.717, 1.165) is 27.1 Å². The van der Waals surface area contributed by atoms with Crippen molar-refractivity contribution in [1.29, 1.82) is 0 Å². The van der Waals surface area contributed by atoms with Gasteiger partial charge in [0.15, 0.2) is 0 Å². The van der Waals surface area contributed by atoms with Crippen LogP contribution in [0.4, 0.5) is 4.39 Å². The minimum Gasteiger partial charge on any atom is -0.496 e. The van der Waals surface area contributed by atoms with Crippen molar-refractivity contribution in [3.63, 3.8) is 0 Å². The highest BCUT2D eigenvalue weighted by Crippen LogP contribution is 2.37. The maximum absolute atomic E-state index is 13.4. The molecule has 0 saturated carbocycles. The van der Waals surface area contributed by atoms with Gasteiger partial charge in [0.1, 0.15) is 11.6 Å². The van der Waals surface area contributed by atoms with E-state index in [1.807, 2.05) is 18.2 Å². The molecular weight excluding hydrogens is 435 g/mol. The van der Waals surface area contributed by atoms with Crippen LogP contribution < -0.4 is 10.1 Å². The van der Waals surface area contributed by atoms with Gasteiger partial charge in [-0.15, -0.1) is 11.8 Å². The minimum atomic E-state index is -0.270. The zero-order valence-electron chi connectivity index (χ0n) is 16.7. The van der Waals surface area contributed by atoms with E-state index in [1.54, 1.807) is 42.1 Å². The number of hydrogen-bond donors (Lipinski definition) is 2. The van der Waals surface area contributed by atoms with Crippen LogP contribution in [0.3, 0.4) is 0 Å². The molecule has 4 rings (SSSR count). The highest BCUT2D eigenvalue weighted by atomic mass is 35.5. The Morgan fingerprint density at radius 1 is 1.13 bits per heavy atom. The number of hydrogen-bond acceptors (Lipinski definition) is 3. The van der Waals surface area contributed by atoms with Gasteiger partial charge in [0, 0.05) is 33.1 Å². The smallest absolute Gasteiger partial charge is 0.255 e. The number of H-pyrrole nitrogens is 1. The molecule has 0 aliphatic rings. The predicted molar refractivity (Wildman–Crippen MR) is 125 cm³/mol. The van der Waals surface area contributed by atoms with E-state index in [0.29, 0.717) is 28.6 Å². The molecule has 0 radical (unpaired) electrons. The second-order valence-electron chi connectivity index (χ2n) is 6.83. The number of amides is 1. The summed E-state index contributed by atoms with van der Waals surface area (Å²) >= 11 is 7.66. The van der Waals surface area contributed by atoms with E-state index >= 15 is 0 Å². The molecule has 7 heteroatoms. The SMILES string of the molecule is COc1ccc(Cl)cc1C(=O)NCCSc1c(-c2ccc(F)cc2)[nH]c2ccccc12. The molecule has 0 saturated heterocycles.